The zero-order chi connectivity index (χ0) is 23.9. The predicted molar refractivity (Wildman–Crippen MR) is 132 cm³/mol. The number of thioether (sulfide) groups is 1. The van der Waals surface area contributed by atoms with E-state index in [0.717, 1.165) is 21.6 Å². The Morgan fingerprint density at radius 2 is 1.79 bits per heavy atom. The number of anilines is 1. The fraction of sp³-hybridized carbons (Fsp3) is 0.0870. The molecular formula is C23H19ClFN5O2S2. The third-order valence-corrected chi connectivity index (χ3v) is 6.74. The number of hydrogen-bond acceptors (Lipinski definition) is 7. The van der Waals surface area contributed by atoms with Crippen molar-refractivity contribution in [1.82, 2.24) is 14.9 Å². The van der Waals surface area contributed by atoms with Crippen LogP contribution in [0.25, 0.3) is 0 Å². The highest BCUT2D eigenvalue weighted by molar-refractivity contribution is 8.00. The Bertz CT molecular complexity index is 1290. The Balaban J connectivity index is 1.33. The third kappa shape index (κ3) is 6.22. The van der Waals surface area contributed by atoms with Gasteiger partial charge in [0.15, 0.2) is 17.4 Å². The molecule has 0 spiro atoms. The number of para-hydroxylation sites is 2. The molecule has 0 saturated carbocycles. The van der Waals surface area contributed by atoms with Gasteiger partial charge in [0, 0.05) is 14.8 Å². The van der Waals surface area contributed by atoms with Crippen LogP contribution in [0.15, 0.2) is 87.7 Å². The minimum Gasteiger partial charge on any atom is -0.482 e. The van der Waals surface area contributed by atoms with Crippen LogP contribution in [0.3, 0.4) is 0 Å². The summed E-state index contributed by atoms with van der Waals surface area (Å²) >= 11 is 8.61. The smallest absolute Gasteiger partial charge is 0.234 e. The molecule has 0 aliphatic rings. The number of carbonyl (C=O) groups is 1. The van der Waals surface area contributed by atoms with Crippen molar-refractivity contribution in [2.75, 3.05) is 16.9 Å². The molecule has 0 fully saturated rings. The van der Waals surface area contributed by atoms with E-state index in [9.17, 15) is 9.18 Å². The summed E-state index contributed by atoms with van der Waals surface area (Å²) in [6, 6.07) is 21.1. The van der Waals surface area contributed by atoms with Gasteiger partial charge in [-0.05, 0) is 48.5 Å². The first-order chi connectivity index (χ1) is 16.5. The van der Waals surface area contributed by atoms with Gasteiger partial charge < -0.3 is 15.9 Å². The van der Waals surface area contributed by atoms with Crippen LogP contribution in [0.2, 0.25) is 5.02 Å². The Morgan fingerprint density at radius 1 is 1.06 bits per heavy atom. The van der Waals surface area contributed by atoms with E-state index in [4.69, 9.17) is 22.2 Å². The lowest BCUT2D eigenvalue weighted by Gasteiger charge is -2.11. The molecule has 0 saturated heterocycles. The highest BCUT2D eigenvalue weighted by atomic mass is 35.5. The predicted octanol–water partition coefficient (Wildman–Crippen LogP) is 5.25. The number of nitrogens with one attached hydrogen (secondary N) is 1. The van der Waals surface area contributed by atoms with Gasteiger partial charge in [-0.15, -0.1) is 10.2 Å². The summed E-state index contributed by atoms with van der Waals surface area (Å²) in [6.07, 6.45) is 0. The number of carbonyl (C=O) groups excluding carboxylic acids is 1. The summed E-state index contributed by atoms with van der Waals surface area (Å²) in [4.78, 5) is 14.5. The van der Waals surface area contributed by atoms with E-state index in [1.165, 1.54) is 28.6 Å². The maximum absolute atomic E-state index is 13.7. The summed E-state index contributed by atoms with van der Waals surface area (Å²) < 4.78 is 20.3. The summed E-state index contributed by atoms with van der Waals surface area (Å²) in [5, 5.41) is 11.9. The Morgan fingerprint density at radius 3 is 2.59 bits per heavy atom. The fourth-order valence-corrected chi connectivity index (χ4v) is 4.52. The first-order valence-corrected chi connectivity index (χ1v) is 12.2. The number of nitrogens with two attached hydrogens (primary N) is 1. The normalized spacial score (nSPS) is 10.8. The van der Waals surface area contributed by atoms with Crippen molar-refractivity contribution in [1.29, 1.82) is 0 Å². The molecule has 11 heteroatoms. The molecule has 3 N–H and O–H groups in total. The quantitative estimate of drug-likeness (QED) is 0.232. The summed E-state index contributed by atoms with van der Waals surface area (Å²) in [7, 11) is 0. The fourth-order valence-electron chi connectivity index (χ4n) is 2.81. The Labute approximate surface area is 208 Å². The van der Waals surface area contributed by atoms with Crippen LogP contribution in [-0.4, -0.2) is 26.5 Å². The second-order valence-electron chi connectivity index (χ2n) is 6.88. The first kappa shape index (κ1) is 23.9. The van der Waals surface area contributed by atoms with Crippen LogP contribution in [-0.2, 0) is 11.4 Å². The maximum Gasteiger partial charge on any atom is 0.234 e. The van der Waals surface area contributed by atoms with Gasteiger partial charge in [0.2, 0.25) is 11.1 Å². The molecule has 0 radical (unpaired) electrons. The van der Waals surface area contributed by atoms with Crippen molar-refractivity contribution in [3.63, 3.8) is 0 Å². The number of hydrogen-bond donors (Lipinski definition) is 2. The van der Waals surface area contributed by atoms with E-state index < -0.39 is 5.82 Å². The zero-order valence-corrected chi connectivity index (χ0v) is 20.0. The van der Waals surface area contributed by atoms with Crippen LogP contribution in [0.5, 0.6) is 5.75 Å². The van der Waals surface area contributed by atoms with Crippen LogP contribution in [0, 0.1) is 5.82 Å². The van der Waals surface area contributed by atoms with Crippen LogP contribution < -0.4 is 15.9 Å². The topological polar surface area (TPSA) is 95.1 Å². The third-order valence-electron chi connectivity index (χ3n) is 4.46. The van der Waals surface area contributed by atoms with Gasteiger partial charge in [-0.2, -0.15) is 0 Å². The SMILES string of the molecule is Nn1c(COc2ccccc2F)nnc1SCC(=O)Nc1ccccc1Sc1ccc(Cl)cc1. The summed E-state index contributed by atoms with van der Waals surface area (Å²) in [6.45, 7) is -0.0630. The largest absolute Gasteiger partial charge is 0.482 e. The molecule has 0 aliphatic heterocycles. The van der Waals surface area contributed by atoms with E-state index in [0.29, 0.717) is 21.7 Å². The van der Waals surface area contributed by atoms with Gasteiger partial charge in [0.1, 0.15) is 6.61 Å². The second-order valence-corrected chi connectivity index (χ2v) is 9.37. The van der Waals surface area contributed by atoms with E-state index in [1.54, 1.807) is 12.1 Å². The van der Waals surface area contributed by atoms with Crippen molar-refractivity contribution in [2.24, 2.45) is 0 Å². The van der Waals surface area contributed by atoms with Crippen LogP contribution in [0.1, 0.15) is 5.82 Å². The lowest BCUT2D eigenvalue weighted by Crippen LogP contribution is -2.18. The number of rotatable bonds is 9. The monoisotopic (exact) mass is 515 g/mol. The molecule has 1 amide bonds. The highest BCUT2D eigenvalue weighted by Gasteiger charge is 2.15. The molecule has 0 bridgehead atoms. The molecule has 1 aromatic heterocycles. The summed E-state index contributed by atoms with van der Waals surface area (Å²) in [5.74, 6) is 5.78. The molecule has 1 heterocycles. The van der Waals surface area contributed by atoms with E-state index in [2.05, 4.69) is 15.5 Å². The van der Waals surface area contributed by atoms with Gasteiger partial charge in [0.05, 0.1) is 11.4 Å². The number of nitrogen functional groups attached to an aromatic ring is 1. The Hall–Kier alpha value is -3.21. The van der Waals surface area contributed by atoms with Crippen molar-refractivity contribution in [2.45, 2.75) is 21.6 Å². The molecule has 0 atom stereocenters. The van der Waals surface area contributed by atoms with Crippen molar-refractivity contribution in [3.05, 3.63) is 89.5 Å². The standard InChI is InChI=1S/C23H19ClFN5O2S2/c24-15-9-11-16(12-10-15)34-20-8-4-2-6-18(20)27-22(31)14-33-23-29-28-21(30(23)26)13-32-19-7-3-1-5-17(19)25/h1-12H,13-14,26H2,(H,27,31). The minimum absolute atomic E-state index is 0.0630. The van der Waals surface area contributed by atoms with Gasteiger partial charge in [0.25, 0.3) is 0 Å². The summed E-state index contributed by atoms with van der Waals surface area (Å²) in [5.41, 5.74) is 0.696. The van der Waals surface area contributed by atoms with E-state index in [-0.39, 0.29) is 24.0 Å². The van der Waals surface area contributed by atoms with Gasteiger partial charge in [-0.25, -0.2) is 9.07 Å². The molecule has 34 heavy (non-hydrogen) atoms. The van der Waals surface area contributed by atoms with Gasteiger partial charge in [-0.1, -0.05) is 59.4 Å². The second kappa shape index (κ2) is 11.3. The number of ether oxygens (including phenoxy) is 1. The number of nitrogens with zero attached hydrogens (tertiary/aromatic N) is 3. The van der Waals surface area contributed by atoms with Crippen LogP contribution in [0.4, 0.5) is 10.1 Å². The molecule has 0 unspecified atom stereocenters. The lowest BCUT2D eigenvalue weighted by atomic mass is 10.3. The molecule has 7 nitrogen and oxygen atoms in total. The van der Waals surface area contributed by atoms with Gasteiger partial charge >= 0.3 is 0 Å². The average molecular weight is 516 g/mol. The van der Waals surface area contributed by atoms with Crippen molar-refractivity contribution in [3.8, 4) is 5.75 Å². The number of benzene rings is 3. The number of amides is 1. The van der Waals surface area contributed by atoms with Crippen LogP contribution >= 0.6 is 35.1 Å². The molecule has 4 rings (SSSR count). The average Bonchev–Trinajstić information content (AvgIpc) is 3.19. The molecule has 174 valence electrons. The molecular weight excluding hydrogens is 497 g/mol. The number of halogens is 2. The molecule has 4 aromatic rings. The number of aromatic nitrogens is 3. The van der Waals surface area contributed by atoms with Crippen molar-refractivity contribution >= 4 is 46.7 Å². The van der Waals surface area contributed by atoms with Gasteiger partial charge in [-0.3, -0.25) is 4.79 Å². The van der Waals surface area contributed by atoms with E-state index in [1.807, 2.05) is 48.5 Å². The van der Waals surface area contributed by atoms with Crippen molar-refractivity contribution < 1.29 is 13.9 Å². The maximum atomic E-state index is 13.7. The molecule has 0 aliphatic carbocycles. The lowest BCUT2D eigenvalue weighted by molar-refractivity contribution is -0.113. The first-order valence-electron chi connectivity index (χ1n) is 10.0. The van der Waals surface area contributed by atoms with E-state index >= 15 is 0 Å². The minimum atomic E-state index is -0.480. The zero-order valence-electron chi connectivity index (χ0n) is 17.7. The molecule has 3 aromatic carbocycles. The Kier molecular flexibility index (Phi) is 7.94. The highest BCUT2D eigenvalue weighted by Crippen LogP contribution is 2.34.